The van der Waals surface area contributed by atoms with Crippen LogP contribution in [-0.2, 0) is 4.74 Å². The normalized spacial score (nSPS) is 18.4. The first-order valence-electron chi connectivity index (χ1n) is 9.81. The average Bonchev–Trinajstić information content (AvgIpc) is 3.19. The predicted molar refractivity (Wildman–Crippen MR) is 111 cm³/mol. The molecule has 0 spiro atoms. The molecule has 10 nitrogen and oxygen atoms in total. The van der Waals surface area contributed by atoms with Gasteiger partial charge in [0.1, 0.15) is 0 Å². The molecule has 0 aliphatic carbocycles. The SMILES string of the molecule is Clc1ccc(N2CCC(Nc3ncc4c(N5CCOCC5)n[nH]c4n3)CC2)nn1. The monoisotopic (exact) mass is 415 g/mol. The minimum Gasteiger partial charge on any atom is -0.378 e. The predicted octanol–water partition coefficient (Wildman–Crippen LogP) is 1.71. The van der Waals surface area contributed by atoms with Crippen molar-refractivity contribution in [3.05, 3.63) is 23.5 Å². The van der Waals surface area contributed by atoms with Crippen LogP contribution in [0.3, 0.4) is 0 Å². The lowest BCUT2D eigenvalue weighted by atomic mass is 10.1. The number of aromatic nitrogens is 6. The number of hydrogen-bond acceptors (Lipinski definition) is 9. The van der Waals surface area contributed by atoms with Gasteiger partial charge in [-0.05, 0) is 25.0 Å². The van der Waals surface area contributed by atoms with Crippen LogP contribution in [0, 0.1) is 0 Å². The third-order valence-electron chi connectivity index (χ3n) is 5.38. The highest BCUT2D eigenvalue weighted by atomic mass is 35.5. The number of nitrogens with one attached hydrogen (secondary N) is 2. The van der Waals surface area contributed by atoms with Crippen LogP contribution in [0.2, 0.25) is 5.15 Å². The van der Waals surface area contributed by atoms with Gasteiger partial charge in [0.05, 0.1) is 18.6 Å². The van der Waals surface area contributed by atoms with Gasteiger partial charge < -0.3 is 19.9 Å². The van der Waals surface area contributed by atoms with Gasteiger partial charge in [-0.1, -0.05) is 11.6 Å². The Bertz CT molecular complexity index is 965. The quantitative estimate of drug-likeness (QED) is 0.658. The highest BCUT2D eigenvalue weighted by Crippen LogP contribution is 2.25. The smallest absolute Gasteiger partial charge is 0.224 e. The molecule has 11 heteroatoms. The minimum atomic E-state index is 0.311. The molecule has 2 aliphatic rings. The maximum absolute atomic E-state index is 5.82. The number of fused-ring (bicyclic) bond motifs is 1. The summed E-state index contributed by atoms with van der Waals surface area (Å²) in [5.41, 5.74) is 0.748. The highest BCUT2D eigenvalue weighted by Gasteiger charge is 2.22. The van der Waals surface area contributed by atoms with Gasteiger partial charge in [0, 0.05) is 38.4 Å². The minimum absolute atomic E-state index is 0.311. The largest absolute Gasteiger partial charge is 0.378 e. The molecule has 0 atom stereocenters. The Labute approximate surface area is 172 Å². The molecule has 3 aromatic heterocycles. The van der Waals surface area contributed by atoms with Crippen molar-refractivity contribution in [1.29, 1.82) is 0 Å². The number of nitrogens with zero attached hydrogens (tertiary/aromatic N) is 7. The average molecular weight is 416 g/mol. The maximum Gasteiger partial charge on any atom is 0.224 e. The van der Waals surface area contributed by atoms with Crippen LogP contribution in [0.1, 0.15) is 12.8 Å². The number of anilines is 3. The molecule has 0 radical (unpaired) electrons. The summed E-state index contributed by atoms with van der Waals surface area (Å²) < 4.78 is 5.42. The fourth-order valence-corrected chi connectivity index (χ4v) is 3.90. The molecule has 2 fully saturated rings. The number of halogens is 1. The van der Waals surface area contributed by atoms with Gasteiger partial charge in [0.15, 0.2) is 22.4 Å². The fourth-order valence-electron chi connectivity index (χ4n) is 3.80. The molecular weight excluding hydrogens is 394 g/mol. The Morgan fingerprint density at radius 2 is 1.90 bits per heavy atom. The van der Waals surface area contributed by atoms with Gasteiger partial charge in [-0.2, -0.15) is 10.1 Å². The van der Waals surface area contributed by atoms with Crippen molar-refractivity contribution in [3.63, 3.8) is 0 Å². The van der Waals surface area contributed by atoms with E-state index in [2.05, 4.69) is 45.5 Å². The van der Waals surface area contributed by atoms with E-state index in [1.54, 1.807) is 6.07 Å². The van der Waals surface area contributed by atoms with Gasteiger partial charge in [-0.3, -0.25) is 5.10 Å². The zero-order valence-electron chi connectivity index (χ0n) is 15.9. The van der Waals surface area contributed by atoms with Crippen LogP contribution in [-0.4, -0.2) is 75.8 Å². The summed E-state index contributed by atoms with van der Waals surface area (Å²) in [5, 5.41) is 20.4. The van der Waals surface area contributed by atoms with Crippen LogP contribution in [0.25, 0.3) is 11.0 Å². The first-order chi connectivity index (χ1) is 14.3. The number of piperidine rings is 1. The summed E-state index contributed by atoms with van der Waals surface area (Å²) in [4.78, 5) is 13.6. The standard InChI is InChI=1S/C18H22ClN9O/c19-14-1-2-15(24-23-14)27-5-3-12(4-6-27)21-18-20-11-13-16(22-18)25-26-17(13)28-7-9-29-10-8-28/h1-2,11-12H,3-10H2,(H2,20,21,22,25,26). The molecule has 0 aromatic carbocycles. The van der Waals surface area contributed by atoms with Crippen molar-refractivity contribution < 1.29 is 4.74 Å². The van der Waals surface area contributed by atoms with Crippen molar-refractivity contribution in [2.24, 2.45) is 0 Å². The number of rotatable bonds is 4. The Balaban J connectivity index is 1.22. The first kappa shape index (κ1) is 18.3. The number of aromatic amines is 1. The second-order valence-corrected chi connectivity index (χ2v) is 7.61. The fraction of sp³-hybridized carbons (Fsp3) is 0.500. The van der Waals surface area contributed by atoms with Crippen molar-refractivity contribution in [1.82, 2.24) is 30.4 Å². The topological polar surface area (TPSA) is 108 Å². The number of hydrogen-bond donors (Lipinski definition) is 2. The molecule has 0 unspecified atom stereocenters. The molecule has 5 rings (SSSR count). The van der Waals surface area contributed by atoms with E-state index in [1.165, 1.54) is 0 Å². The van der Waals surface area contributed by atoms with Gasteiger partial charge in [0.25, 0.3) is 0 Å². The summed E-state index contributed by atoms with van der Waals surface area (Å²) in [5.74, 6) is 2.38. The highest BCUT2D eigenvalue weighted by molar-refractivity contribution is 6.29. The zero-order chi connectivity index (χ0) is 19.6. The second-order valence-electron chi connectivity index (χ2n) is 7.22. The summed E-state index contributed by atoms with van der Waals surface area (Å²) in [6.07, 6.45) is 3.78. The van der Waals surface area contributed by atoms with Crippen molar-refractivity contribution in [2.75, 3.05) is 54.5 Å². The van der Waals surface area contributed by atoms with Gasteiger partial charge in [-0.25, -0.2) is 4.98 Å². The Morgan fingerprint density at radius 3 is 2.66 bits per heavy atom. The summed E-state index contributed by atoms with van der Waals surface area (Å²) >= 11 is 5.82. The van der Waals surface area contributed by atoms with Crippen molar-refractivity contribution >= 4 is 40.2 Å². The van der Waals surface area contributed by atoms with Crippen LogP contribution >= 0.6 is 11.6 Å². The van der Waals surface area contributed by atoms with Gasteiger partial charge in [-0.15, -0.1) is 10.2 Å². The third-order valence-corrected chi connectivity index (χ3v) is 5.58. The Hall–Kier alpha value is -2.72. The Morgan fingerprint density at radius 1 is 1.07 bits per heavy atom. The van der Waals surface area contributed by atoms with E-state index in [1.807, 2.05) is 12.3 Å². The van der Waals surface area contributed by atoms with Crippen LogP contribution in [0.5, 0.6) is 0 Å². The number of morpholine rings is 1. The number of ether oxygens (including phenoxy) is 1. The summed E-state index contributed by atoms with van der Waals surface area (Å²) in [6.45, 7) is 4.88. The second kappa shape index (κ2) is 7.96. The molecular formula is C18H22ClN9O. The molecule has 0 bridgehead atoms. The van der Waals surface area contributed by atoms with Crippen LogP contribution < -0.4 is 15.1 Å². The van der Waals surface area contributed by atoms with E-state index in [4.69, 9.17) is 16.3 Å². The van der Waals surface area contributed by atoms with E-state index < -0.39 is 0 Å². The van der Waals surface area contributed by atoms with Crippen LogP contribution in [0.4, 0.5) is 17.6 Å². The molecule has 29 heavy (non-hydrogen) atoms. The van der Waals surface area contributed by atoms with Gasteiger partial charge in [0.2, 0.25) is 5.95 Å². The summed E-state index contributed by atoms with van der Waals surface area (Å²) in [7, 11) is 0. The molecule has 2 N–H and O–H groups in total. The molecule has 5 heterocycles. The first-order valence-corrected chi connectivity index (χ1v) is 10.2. The molecule has 0 saturated carbocycles. The van der Waals surface area contributed by atoms with Crippen molar-refractivity contribution in [2.45, 2.75) is 18.9 Å². The lowest BCUT2D eigenvalue weighted by Crippen LogP contribution is -2.39. The molecule has 152 valence electrons. The Kier molecular flexibility index (Phi) is 5.03. The van der Waals surface area contributed by atoms with E-state index in [9.17, 15) is 0 Å². The maximum atomic E-state index is 5.82. The zero-order valence-corrected chi connectivity index (χ0v) is 16.6. The van der Waals surface area contributed by atoms with Crippen LogP contribution in [0.15, 0.2) is 18.3 Å². The van der Waals surface area contributed by atoms with E-state index in [0.717, 1.165) is 74.9 Å². The lowest BCUT2D eigenvalue weighted by molar-refractivity contribution is 0.122. The van der Waals surface area contributed by atoms with Gasteiger partial charge >= 0.3 is 0 Å². The van der Waals surface area contributed by atoms with E-state index in [-0.39, 0.29) is 0 Å². The number of H-pyrrole nitrogens is 1. The molecule has 3 aromatic rings. The summed E-state index contributed by atoms with van der Waals surface area (Å²) in [6, 6.07) is 3.99. The molecule has 2 saturated heterocycles. The van der Waals surface area contributed by atoms with Crippen molar-refractivity contribution in [3.8, 4) is 0 Å². The third kappa shape index (κ3) is 3.90. The van der Waals surface area contributed by atoms with E-state index in [0.29, 0.717) is 17.1 Å². The molecule has 2 aliphatic heterocycles. The molecule has 0 amide bonds. The van der Waals surface area contributed by atoms with E-state index >= 15 is 0 Å². The lowest BCUT2D eigenvalue weighted by Gasteiger charge is -2.32.